The van der Waals surface area contributed by atoms with E-state index in [1.165, 1.54) is 16.9 Å². The number of nitro groups is 1. The van der Waals surface area contributed by atoms with Crippen LogP contribution in [0.2, 0.25) is 0 Å². The molecule has 0 radical (unpaired) electrons. The van der Waals surface area contributed by atoms with Crippen molar-refractivity contribution >= 4 is 5.69 Å². The molecule has 0 fully saturated rings. The van der Waals surface area contributed by atoms with E-state index < -0.39 is 11.0 Å². The highest BCUT2D eigenvalue weighted by molar-refractivity contribution is 5.72. The number of aliphatic hydroxyl groups excluding tert-OH is 1. The highest BCUT2D eigenvalue weighted by Crippen LogP contribution is 2.29. The maximum absolute atomic E-state index is 11.1. The van der Waals surface area contributed by atoms with Gasteiger partial charge in [-0.25, -0.2) is 0 Å². The average Bonchev–Trinajstić information content (AvgIpc) is 3.10. The smallest absolute Gasteiger partial charge is 0.277 e. The van der Waals surface area contributed by atoms with Crippen LogP contribution in [0.5, 0.6) is 0 Å². The van der Waals surface area contributed by atoms with Crippen LogP contribution in [0.3, 0.4) is 0 Å². The number of benzene rings is 2. The molecular weight excluding hydrogens is 320 g/mol. The molecule has 1 N–H and O–H groups in total. The monoisotopic (exact) mass is 334 g/mol. The van der Waals surface area contributed by atoms with E-state index in [0.717, 1.165) is 0 Å². The summed E-state index contributed by atoms with van der Waals surface area (Å²) in [4.78, 5) is 10.7. The molecule has 2 aromatic carbocycles. The van der Waals surface area contributed by atoms with Crippen molar-refractivity contribution < 1.29 is 10.0 Å². The van der Waals surface area contributed by atoms with E-state index in [0.29, 0.717) is 22.3 Å². The van der Waals surface area contributed by atoms with Crippen molar-refractivity contribution in [1.29, 1.82) is 5.26 Å². The van der Waals surface area contributed by atoms with Gasteiger partial charge in [-0.1, -0.05) is 24.3 Å². The van der Waals surface area contributed by atoms with Crippen molar-refractivity contribution in [3.63, 3.8) is 0 Å². The van der Waals surface area contributed by atoms with Gasteiger partial charge in [0.15, 0.2) is 0 Å². The molecule has 0 aliphatic rings. The molecule has 1 atom stereocenters. The van der Waals surface area contributed by atoms with Crippen molar-refractivity contribution in [2.45, 2.75) is 12.6 Å². The SMILES string of the molecule is N#Cc1ccc([C@@H](O)Cn2cc(-c3ccccc3[N+](=O)[O-])cn2)cc1. The lowest BCUT2D eigenvalue weighted by atomic mass is 10.1. The number of hydrogen-bond acceptors (Lipinski definition) is 5. The second kappa shape index (κ2) is 6.95. The molecular formula is C18H14N4O3. The first-order valence-electron chi connectivity index (χ1n) is 7.53. The Balaban J connectivity index is 1.80. The van der Waals surface area contributed by atoms with Crippen LogP contribution in [-0.2, 0) is 6.54 Å². The minimum absolute atomic E-state index is 0.00897. The summed E-state index contributed by atoms with van der Waals surface area (Å²) in [6.45, 7) is 0.201. The minimum Gasteiger partial charge on any atom is -0.386 e. The van der Waals surface area contributed by atoms with Crippen LogP contribution < -0.4 is 0 Å². The Hall–Kier alpha value is -3.50. The Labute approximate surface area is 143 Å². The number of para-hydroxylation sites is 1. The number of aliphatic hydroxyl groups is 1. The summed E-state index contributed by atoms with van der Waals surface area (Å²) >= 11 is 0. The van der Waals surface area contributed by atoms with Gasteiger partial charge in [0, 0.05) is 17.8 Å². The molecule has 3 aromatic rings. The van der Waals surface area contributed by atoms with E-state index in [1.807, 2.05) is 6.07 Å². The number of aromatic nitrogens is 2. The molecule has 7 nitrogen and oxygen atoms in total. The fourth-order valence-corrected chi connectivity index (χ4v) is 2.54. The van der Waals surface area contributed by atoms with Crippen LogP contribution in [0, 0.1) is 21.4 Å². The fraction of sp³-hybridized carbons (Fsp3) is 0.111. The molecule has 0 saturated carbocycles. The van der Waals surface area contributed by atoms with Crippen LogP contribution in [0.15, 0.2) is 60.9 Å². The van der Waals surface area contributed by atoms with Gasteiger partial charge in [-0.3, -0.25) is 14.8 Å². The molecule has 1 aromatic heterocycles. The van der Waals surface area contributed by atoms with Crippen molar-refractivity contribution in [1.82, 2.24) is 9.78 Å². The molecule has 0 unspecified atom stereocenters. The quantitative estimate of drug-likeness (QED) is 0.570. The van der Waals surface area contributed by atoms with Gasteiger partial charge in [-0.05, 0) is 23.8 Å². The Morgan fingerprint density at radius 3 is 2.64 bits per heavy atom. The van der Waals surface area contributed by atoms with E-state index >= 15 is 0 Å². The molecule has 0 aliphatic heterocycles. The zero-order valence-corrected chi connectivity index (χ0v) is 13.1. The summed E-state index contributed by atoms with van der Waals surface area (Å²) in [5.74, 6) is 0. The second-order valence-corrected chi connectivity index (χ2v) is 5.47. The van der Waals surface area contributed by atoms with Gasteiger partial charge >= 0.3 is 0 Å². The normalized spacial score (nSPS) is 11.7. The van der Waals surface area contributed by atoms with Crippen molar-refractivity contribution in [2.75, 3.05) is 0 Å². The number of nitro benzene ring substituents is 1. The number of nitriles is 1. The second-order valence-electron chi connectivity index (χ2n) is 5.47. The Morgan fingerprint density at radius 2 is 1.96 bits per heavy atom. The Bertz CT molecular complexity index is 941. The predicted molar refractivity (Wildman–Crippen MR) is 90.4 cm³/mol. The molecule has 7 heteroatoms. The van der Waals surface area contributed by atoms with Gasteiger partial charge in [0.25, 0.3) is 5.69 Å². The van der Waals surface area contributed by atoms with Gasteiger partial charge in [-0.2, -0.15) is 10.4 Å². The minimum atomic E-state index is -0.800. The molecule has 0 spiro atoms. The van der Waals surface area contributed by atoms with Crippen LogP contribution in [-0.4, -0.2) is 19.8 Å². The Kier molecular flexibility index (Phi) is 4.55. The van der Waals surface area contributed by atoms with E-state index in [2.05, 4.69) is 5.10 Å². The Morgan fingerprint density at radius 1 is 1.24 bits per heavy atom. The maximum Gasteiger partial charge on any atom is 0.277 e. The molecule has 25 heavy (non-hydrogen) atoms. The summed E-state index contributed by atoms with van der Waals surface area (Å²) in [5, 5.41) is 34.4. The van der Waals surface area contributed by atoms with Gasteiger partial charge in [0.2, 0.25) is 0 Å². The molecule has 0 aliphatic carbocycles. The standard InChI is InChI=1S/C18H14N4O3/c19-9-13-5-7-14(8-6-13)18(23)12-21-11-15(10-20-21)16-3-1-2-4-17(16)22(24)25/h1-8,10-11,18,23H,12H2/t18-/m0/s1. The first kappa shape index (κ1) is 16.4. The molecule has 0 amide bonds. The fourth-order valence-electron chi connectivity index (χ4n) is 2.54. The first-order chi connectivity index (χ1) is 12.1. The molecule has 0 bridgehead atoms. The van der Waals surface area contributed by atoms with Crippen molar-refractivity contribution in [3.8, 4) is 17.2 Å². The zero-order chi connectivity index (χ0) is 17.8. The maximum atomic E-state index is 11.1. The van der Waals surface area contributed by atoms with Gasteiger partial charge < -0.3 is 5.11 Å². The van der Waals surface area contributed by atoms with Gasteiger partial charge in [0.1, 0.15) is 0 Å². The summed E-state index contributed by atoms with van der Waals surface area (Å²) in [6, 6.07) is 15.1. The lowest BCUT2D eigenvalue weighted by molar-refractivity contribution is -0.384. The topological polar surface area (TPSA) is 105 Å². The summed E-state index contributed by atoms with van der Waals surface area (Å²) in [7, 11) is 0. The number of rotatable bonds is 5. The van der Waals surface area contributed by atoms with Crippen molar-refractivity contribution in [2.24, 2.45) is 0 Å². The third-order valence-corrected chi connectivity index (χ3v) is 3.83. The molecule has 0 saturated heterocycles. The third kappa shape index (κ3) is 3.54. The predicted octanol–water partition coefficient (Wildman–Crippen LogP) is 3.06. The van der Waals surface area contributed by atoms with E-state index in [-0.39, 0.29) is 12.2 Å². The molecule has 3 rings (SSSR count). The van der Waals surface area contributed by atoms with Crippen LogP contribution in [0.4, 0.5) is 5.69 Å². The highest BCUT2D eigenvalue weighted by Gasteiger charge is 2.16. The summed E-state index contributed by atoms with van der Waals surface area (Å²) < 4.78 is 1.54. The molecule has 1 heterocycles. The largest absolute Gasteiger partial charge is 0.386 e. The first-order valence-corrected chi connectivity index (χ1v) is 7.53. The van der Waals surface area contributed by atoms with E-state index in [1.54, 1.807) is 48.7 Å². The van der Waals surface area contributed by atoms with Crippen LogP contribution in [0.1, 0.15) is 17.2 Å². The van der Waals surface area contributed by atoms with Gasteiger partial charge in [0.05, 0.1) is 41.0 Å². The van der Waals surface area contributed by atoms with Gasteiger partial charge in [-0.15, -0.1) is 0 Å². The number of nitrogens with zero attached hydrogens (tertiary/aromatic N) is 4. The lowest BCUT2D eigenvalue weighted by Gasteiger charge is -2.11. The third-order valence-electron chi connectivity index (χ3n) is 3.83. The van der Waals surface area contributed by atoms with Crippen LogP contribution in [0.25, 0.3) is 11.1 Å². The number of hydrogen-bond donors (Lipinski definition) is 1. The van der Waals surface area contributed by atoms with E-state index in [4.69, 9.17) is 5.26 Å². The summed E-state index contributed by atoms with van der Waals surface area (Å²) in [5.41, 5.74) is 2.29. The summed E-state index contributed by atoms with van der Waals surface area (Å²) in [6.07, 6.45) is 2.40. The van der Waals surface area contributed by atoms with Crippen LogP contribution >= 0.6 is 0 Å². The molecule has 124 valence electrons. The average molecular weight is 334 g/mol. The van der Waals surface area contributed by atoms with Crippen molar-refractivity contribution in [3.05, 3.63) is 82.2 Å². The highest BCUT2D eigenvalue weighted by atomic mass is 16.6. The lowest BCUT2D eigenvalue weighted by Crippen LogP contribution is -2.09. The zero-order valence-electron chi connectivity index (χ0n) is 13.1. The van der Waals surface area contributed by atoms with E-state index in [9.17, 15) is 15.2 Å².